The second-order valence-corrected chi connectivity index (χ2v) is 7.94. The third kappa shape index (κ3) is 2.85. The van der Waals surface area contributed by atoms with Gasteiger partial charge in [0.05, 0.1) is 12.8 Å². The second-order valence-electron chi connectivity index (χ2n) is 7.03. The van der Waals surface area contributed by atoms with Crippen LogP contribution >= 0.6 is 15.9 Å². The molecule has 2 aliphatic heterocycles. The molecule has 2 atom stereocenters. The van der Waals surface area contributed by atoms with E-state index < -0.39 is 24.0 Å². The van der Waals surface area contributed by atoms with Crippen molar-refractivity contribution in [2.45, 2.75) is 44.9 Å². The third-order valence-corrected chi connectivity index (χ3v) is 4.77. The highest BCUT2D eigenvalue weighted by molar-refractivity contribution is 9.10. The number of carbonyl (C=O) groups is 2. The Bertz CT molecular complexity index is 686. The SMILES string of the molecule is COC(=O)N1CC[C@H]2c3cc(Br)ccc3N(C(=O)OC(C)(C)C)[C@H]21. The Balaban J connectivity index is 2.03. The van der Waals surface area contributed by atoms with Crippen molar-refractivity contribution in [3.05, 3.63) is 28.2 Å². The first-order valence-electron chi connectivity index (χ1n) is 7.89. The Kier molecular flexibility index (Phi) is 4.23. The number of amides is 2. The number of likely N-dealkylation sites (tertiary alicyclic amines) is 1. The van der Waals surface area contributed by atoms with Gasteiger partial charge in [0.2, 0.25) is 0 Å². The summed E-state index contributed by atoms with van der Waals surface area (Å²) < 4.78 is 11.4. The molecule has 7 heteroatoms. The lowest BCUT2D eigenvalue weighted by Crippen LogP contribution is -2.50. The molecule has 24 heavy (non-hydrogen) atoms. The minimum Gasteiger partial charge on any atom is -0.453 e. The zero-order valence-corrected chi connectivity index (χ0v) is 15.8. The van der Waals surface area contributed by atoms with Gasteiger partial charge >= 0.3 is 12.2 Å². The van der Waals surface area contributed by atoms with Gasteiger partial charge in [-0.1, -0.05) is 15.9 Å². The van der Waals surface area contributed by atoms with Crippen LogP contribution in [0.5, 0.6) is 0 Å². The molecule has 3 rings (SSSR count). The highest BCUT2D eigenvalue weighted by atomic mass is 79.9. The molecule has 0 bridgehead atoms. The van der Waals surface area contributed by atoms with Gasteiger partial charge in [0, 0.05) is 16.9 Å². The average molecular weight is 397 g/mol. The van der Waals surface area contributed by atoms with Crippen molar-refractivity contribution >= 4 is 33.8 Å². The number of halogens is 1. The molecule has 130 valence electrons. The van der Waals surface area contributed by atoms with Gasteiger partial charge in [-0.3, -0.25) is 9.80 Å². The van der Waals surface area contributed by atoms with Gasteiger partial charge in [-0.25, -0.2) is 9.59 Å². The average Bonchev–Trinajstić information content (AvgIpc) is 3.02. The summed E-state index contributed by atoms with van der Waals surface area (Å²) in [6, 6.07) is 5.79. The van der Waals surface area contributed by atoms with Crippen LogP contribution < -0.4 is 4.90 Å². The molecular weight excluding hydrogens is 376 g/mol. The van der Waals surface area contributed by atoms with E-state index >= 15 is 0 Å². The molecule has 2 heterocycles. The molecule has 0 spiro atoms. The van der Waals surface area contributed by atoms with E-state index in [2.05, 4.69) is 15.9 Å². The van der Waals surface area contributed by atoms with Gasteiger partial charge in [0.1, 0.15) is 11.8 Å². The van der Waals surface area contributed by atoms with Crippen molar-refractivity contribution in [1.29, 1.82) is 0 Å². The quantitative estimate of drug-likeness (QED) is 0.662. The maximum absolute atomic E-state index is 12.8. The summed E-state index contributed by atoms with van der Waals surface area (Å²) >= 11 is 3.49. The molecule has 2 amide bonds. The number of methoxy groups -OCH3 is 1. The van der Waals surface area contributed by atoms with Crippen LogP contribution in [0.3, 0.4) is 0 Å². The van der Waals surface area contributed by atoms with Gasteiger partial charge in [0.15, 0.2) is 0 Å². The number of carbonyl (C=O) groups excluding carboxylic acids is 2. The van der Waals surface area contributed by atoms with Gasteiger partial charge in [0.25, 0.3) is 0 Å². The Labute approximate surface area is 149 Å². The summed E-state index contributed by atoms with van der Waals surface area (Å²) in [4.78, 5) is 28.1. The van der Waals surface area contributed by atoms with E-state index in [1.54, 1.807) is 9.80 Å². The molecular formula is C17H21BrN2O4. The number of hydrogen-bond acceptors (Lipinski definition) is 4. The molecule has 0 aliphatic carbocycles. The van der Waals surface area contributed by atoms with Crippen molar-refractivity contribution in [1.82, 2.24) is 4.90 Å². The molecule has 0 N–H and O–H groups in total. The Morgan fingerprint density at radius 2 is 1.96 bits per heavy atom. The highest BCUT2D eigenvalue weighted by Crippen LogP contribution is 2.49. The molecule has 0 saturated carbocycles. The number of rotatable bonds is 0. The number of benzene rings is 1. The van der Waals surface area contributed by atoms with Crippen molar-refractivity contribution < 1.29 is 19.1 Å². The van der Waals surface area contributed by atoms with Crippen LogP contribution in [-0.2, 0) is 9.47 Å². The standard InChI is InChI=1S/C17H21BrN2O4/c1-17(2,3)24-16(22)20-13-6-5-10(18)9-12(13)11-7-8-19(14(11)20)15(21)23-4/h5-6,9,11,14H,7-8H2,1-4H3/t11-,14+/m0/s1. The summed E-state index contributed by atoms with van der Waals surface area (Å²) in [6.45, 7) is 6.03. The largest absolute Gasteiger partial charge is 0.453 e. The summed E-state index contributed by atoms with van der Waals surface area (Å²) in [5.74, 6) is 0.0594. The molecule has 6 nitrogen and oxygen atoms in total. The van der Waals surface area contributed by atoms with E-state index in [0.29, 0.717) is 6.54 Å². The van der Waals surface area contributed by atoms with Crippen LogP contribution in [0, 0.1) is 0 Å². The second kappa shape index (κ2) is 5.95. The molecule has 1 saturated heterocycles. The van der Waals surface area contributed by atoms with Crippen molar-refractivity contribution in [2.24, 2.45) is 0 Å². The highest BCUT2D eigenvalue weighted by Gasteiger charge is 2.51. The number of nitrogens with zero attached hydrogens (tertiary/aromatic N) is 2. The van der Waals surface area contributed by atoms with Crippen molar-refractivity contribution in [3.8, 4) is 0 Å². The van der Waals surface area contributed by atoms with Crippen molar-refractivity contribution in [2.75, 3.05) is 18.6 Å². The number of anilines is 1. The predicted molar refractivity (Wildman–Crippen MR) is 93.1 cm³/mol. The van der Waals surface area contributed by atoms with Crippen LogP contribution in [0.25, 0.3) is 0 Å². The minimum absolute atomic E-state index is 0.0594. The van der Waals surface area contributed by atoms with Crippen LogP contribution in [0.1, 0.15) is 38.7 Å². The summed E-state index contributed by atoms with van der Waals surface area (Å²) in [5, 5.41) is 0. The number of fused-ring (bicyclic) bond motifs is 3. The zero-order chi connectivity index (χ0) is 17.6. The topological polar surface area (TPSA) is 59.1 Å². The molecule has 2 aliphatic rings. The molecule has 0 unspecified atom stereocenters. The number of hydrogen-bond donors (Lipinski definition) is 0. The lowest BCUT2D eigenvalue weighted by atomic mass is 9.99. The van der Waals surface area contributed by atoms with Crippen LogP contribution in [0.15, 0.2) is 22.7 Å². The smallest absolute Gasteiger partial charge is 0.416 e. The first-order chi connectivity index (χ1) is 11.2. The lowest BCUT2D eigenvalue weighted by Gasteiger charge is -2.33. The van der Waals surface area contributed by atoms with Crippen LogP contribution in [0.2, 0.25) is 0 Å². The molecule has 0 aromatic heterocycles. The van der Waals surface area contributed by atoms with E-state index in [9.17, 15) is 9.59 Å². The predicted octanol–water partition coefficient (Wildman–Crippen LogP) is 4.09. The maximum atomic E-state index is 12.8. The van der Waals surface area contributed by atoms with Gasteiger partial charge in [-0.15, -0.1) is 0 Å². The Hall–Kier alpha value is -1.76. The van der Waals surface area contributed by atoms with E-state index in [4.69, 9.17) is 9.47 Å². The van der Waals surface area contributed by atoms with E-state index in [1.807, 2.05) is 39.0 Å². The maximum Gasteiger partial charge on any atom is 0.416 e. The Morgan fingerprint density at radius 3 is 2.58 bits per heavy atom. The van der Waals surface area contributed by atoms with Gasteiger partial charge < -0.3 is 9.47 Å². The minimum atomic E-state index is -0.612. The molecule has 1 aromatic carbocycles. The fraction of sp³-hybridized carbons (Fsp3) is 0.529. The Morgan fingerprint density at radius 1 is 1.25 bits per heavy atom. The monoisotopic (exact) mass is 396 g/mol. The normalized spacial score (nSPS) is 22.2. The third-order valence-electron chi connectivity index (χ3n) is 4.27. The van der Waals surface area contributed by atoms with Gasteiger partial charge in [-0.05, 0) is 51.0 Å². The van der Waals surface area contributed by atoms with Crippen LogP contribution in [0.4, 0.5) is 15.3 Å². The summed E-state index contributed by atoms with van der Waals surface area (Å²) in [6.07, 6.45) is -0.503. The fourth-order valence-electron chi connectivity index (χ4n) is 3.43. The summed E-state index contributed by atoms with van der Waals surface area (Å²) in [5.41, 5.74) is 1.22. The first kappa shape index (κ1) is 17.1. The first-order valence-corrected chi connectivity index (χ1v) is 8.68. The van der Waals surface area contributed by atoms with Crippen LogP contribution in [-0.4, -0.2) is 42.5 Å². The van der Waals surface area contributed by atoms with Gasteiger partial charge in [-0.2, -0.15) is 0 Å². The lowest BCUT2D eigenvalue weighted by molar-refractivity contribution is 0.0528. The molecule has 1 aromatic rings. The summed E-state index contributed by atoms with van der Waals surface area (Å²) in [7, 11) is 1.35. The van der Waals surface area contributed by atoms with E-state index in [1.165, 1.54) is 7.11 Å². The zero-order valence-electron chi connectivity index (χ0n) is 14.2. The van der Waals surface area contributed by atoms with Crippen molar-refractivity contribution in [3.63, 3.8) is 0 Å². The molecule has 1 fully saturated rings. The fourth-order valence-corrected chi connectivity index (χ4v) is 3.81. The van der Waals surface area contributed by atoms with E-state index in [-0.39, 0.29) is 5.92 Å². The van der Waals surface area contributed by atoms with E-state index in [0.717, 1.165) is 22.1 Å². The molecule has 0 radical (unpaired) electrons. The number of ether oxygens (including phenoxy) is 2.